The average Bonchev–Trinajstić information content (AvgIpc) is 3.25. The van der Waals surface area contributed by atoms with Crippen LogP contribution in [0.25, 0.3) is 0 Å². The second kappa shape index (κ2) is 6.38. The number of likely N-dealkylation sites (tertiary alicyclic amines) is 1. The summed E-state index contributed by atoms with van der Waals surface area (Å²) in [5.41, 5.74) is 1.21. The van der Waals surface area contributed by atoms with E-state index >= 15 is 0 Å². The first-order valence-electron chi connectivity index (χ1n) is 9.09. The van der Waals surface area contributed by atoms with E-state index in [-0.39, 0.29) is 23.7 Å². The van der Waals surface area contributed by atoms with Gasteiger partial charge in [0.1, 0.15) is 17.9 Å². The third-order valence-electron chi connectivity index (χ3n) is 6.02. The molecule has 1 amide bonds. The molecule has 0 saturated carbocycles. The van der Waals surface area contributed by atoms with Crippen LogP contribution in [0.4, 0.5) is 0 Å². The topological polar surface area (TPSA) is 114 Å². The lowest BCUT2D eigenvalue weighted by atomic mass is 9.71. The van der Waals surface area contributed by atoms with Crippen molar-refractivity contribution in [1.82, 2.24) is 29.1 Å². The summed E-state index contributed by atoms with van der Waals surface area (Å²) in [5, 5.41) is 12.1. The van der Waals surface area contributed by atoms with Gasteiger partial charge in [0.2, 0.25) is 15.9 Å². The van der Waals surface area contributed by atoms with E-state index in [1.165, 1.54) is 10.6 Å². The van der Waals surface area contributed by atoms with E-state index in [1.807, 2.05) is 18.5 Å². The quantitative estimate of drug-likeness (QED) is 0.691. The van der Waals surface area contributed by atoms with Crippen LogP contribution in [0.15, 0.2) is 10.9 Å². The van der Waals surface area contributed by atoms with Gasteiger partial charge in [-0.05, 0) is 13.8 Å². The Morgan fingerprint density at radius 1 is 1.32 bits per heavy atom. The Labute approximate surface area is 163 Å². The lowest BCUT2D eigenvalue weighted by Crippen LogP contribution is -2.62. The van der Waals surface area contributed by atoms with Crippen molar-refractivity contribution in [1.29, 1.82) is 0 Å². The van der Waals surface area contributed by atoms with Crippen LogP contribution in [0.3, 0.4) is 0 Å². The maximum absolute atomic E-state index is 12.8. The molecule has 0 bridgehead atoms. The number of hydrogen-bond acceptors (Lipinski definition) is 7. The Morgan fingerprint density at radius 2 is 2.04 bits per heavy atom. The maximum Gasteiger partial charge on any atom is 0.227 e. The van der Waals surface area contributed by atoms with Gasteiger partial charge < -0.3 is 14.0 Å². The molecule has 2 aromatic rings. The second-order valence-corrected chi connectivity index (χ2v) is 9.98. The van der Waals surface area contributed by atoms with Gasteiger partial charge in [-0.15, -0.1) is 10.2 Å². The van der Waals surface area contributed by atoms with E-state index in [0.29, 0.717) is 31.9 Å². The second-order valence-electron chi connectivity index (χ2n) is 8.00. The zero-order valence-electron chi connectivity index (χ0n) is 16.4. The molecular formula is C17H24N6O4S. The fraction of sp³-hybridized carbons (Fsp3) is 0.647. The number of sulfonamides is 1. The predicted octanol–water partition coefficient (Wildman–Crippen LogP) is -0.150. The molecule has 0 aromatic carbocycles. The first-order chi connectivity index (χ1) is 13.1. The molecule has 2 saturated heterocycles. The Morgan fingerprint density at radius 3 is 2.57 bits per heavy atom. The minimum Gasteiger partial charge on any atom is -0.361 e. The molecule has 2 aliphatic rings. The monoisotopic (exact) mass is 408 g/mol. The molecule has 10 nitrogen and oxygen atoms in total. The highest BCUT2D eigenvalue weighted by molar-refractivity contribution is 7.88. The molecule has 1 atom stereocenters. The van der Waals surface area contributed by atoms with Crippen LogP contribution in [-0.2, 0) is 28.3 Å². The minimum absolute atomic E-state index is 0.00505. The van der Waals surface area contributed by atoms with Gasteiger partial charge in [0, 0.05) is 50.1 Å². The number of nitrogens with zero attached hydrogens (tertiary/aromatic N) is 6. The Hall–Kier alpha value is -2.27. The molecule has 1 unspecified atom stereocenters. The normalized spacial score (nSPS) is 22.0. The Kier molecular flexibility index (Phi) is 4.34. The molecule has 2 aromatic heterocycles. The molecule has 2 aliphatic heterocycles. The third-order valence-corrected chi connectivity index (χ3v) is 7.23. The van der Waals surface area contributed by atoms with Crippen LogP contribution in [0, 0.1) is 19.3 Å². The molecule has 28 heavy (non-hydrogen) atoms. The lowest BCUT2D eigenvalue weighted by Gasteiger charge is -2.50. The van der Waals surface area contributed by atoms with Crippen LogP contribution >= 0.6 is 0 Å². The average molecular weight is 408 g/mol. The molecule has 152 valence electrons. The van der Waals surface area contributed by atoms with Gasteiger partial charge in [-0.3, -0.25) is 4.79 Å². The van der Waals surface area contributed by atoms with Crippen molar-refractivity contribution in [2.24, 2.45) is 12.5 Å². The molecule has 0 N–H and O–H groups in total. The third kappa shape index (κ3) is 3.02. The van der Waals surface area contributed by atoms with Gasteiger partial charge >= 0.3 is 0 Å². The van der Waals surface area contributed by atoms with Gasteiger partial charge in [0.25, 0.3) is 0 Å². The van der Waals surface area contributed by atoms with Crippen molar-refractivity contribution in [3.63, 3.8) is 0 Å². The van der Waals surface area contributed by atoms with Gasteiger partial charge in [0.05, 0.1) is 18.4 Å². The molecule has 2 fully saturated rings. The van der Waals surface area contributed by atoms with Crippen molar-refractivity contribution in [2.75, 3.05) is 32.4 Å². The van der Waals surface area contributed by atoms with E-state index in [1.54, 1.807) is 18.2 Å². The van der Waals surface area contributed by atoms with Crippen LogP contribution in [0.5, 0.6) is 0 Å². The van der Waals surface area contributed by atoms with Crippen molar-refractivity contribution in [3.05, 3.63) is 29.2 Å². The van der Waals surface area contributed by atoms with Gasteiger partial charge in [-0.25, -0.2) is 12.7 Å². The molecule has 4 rings (SSSR count). The summed E-state index contributed by atoms with van der Waals surface area (Å²) in [4.78, 5) is 14.5. The number of amides is 1. The molecular weight excluding hydrogens is 384 g/mol. The SMILES string of the molecule is Cc1noc(C)c1CC(=O)N1CC2(C1)CN(S(C)(=O)=O)CC2c1nncn1C. The summed E-state index contributed by atoms with van der Waals surface area (Å²) in [5.74, 6) is 1.30. The molecule has 0 radical (unpaired) electrons. The van der Waals surface area contributed by atoms with Crippen LogP contribution in [0.2, 0.25) is 0 Å². The fourth-order valence-electron chi connectivity index (χ4n) is 4.37. The highest BCUT2D eigenvalue weighted by Gasteiger charge is 2.58. The van der Waals surface area contributed by atoms with E-state index in [2.05, 4.69) is 15.4 Å². The number of carbonyl (C=O) groups excluding carboxylic acids is 1. The van der Waals surface area contributed by atoms with E-state index in [0.717, 1.165) is 17.1 Å². The maximum atomic E-state index is 12.8. The van der Waals surface area contributed by atoms with Crippen molar-refractivity contribution >= 4 is 15.9 Å². The minimum atomic E-state index is -3.32. The van der Waals surface area contributed by atoms with Crippen LogP contribution in [-0.4, -0.2) is 75.9 Å². The van der Waals surface area contributed by atoms with Crippen molar-refractivity contribution < 1.29 is 17.7 Å². The van der Waals surface area contributed by atoms with E-state index in [9.17, 15) is 13.2 Å². The molecule has 11 heteroatoms. The zero-order valence-corrected chi connectivity index (χ0v) is 17.2. The van der Waals surface area contributed by atoms with E-state index in [4.69, 9.17) is 4.52 Å². The summed E-state index contributed by atoms with van der Waals surface area (Å²) in [6, 6.07) is 0. The largest absolute Gasteiger partial charge is 0.361 e. The number of aryl methyl sites for hydroxylation is 3. The van der Waals surface area contributed by atoms with Crippen LogP contribution < -0.4 is 0 Å². The Bertz CT molecular complexity index is 1000. The predicted molar refractivity (Wildman–Crippen MR) is 98.9 cm³/mol. The van der Waals surface area contributed by atoms with Gasteiger partial charge in [-0.1, -0.05) is 5.16 Å². The summed E-state index contributed by atoms with van der Waals surface area (Å²) < 4.78 is 32.8. The molecule has 0 aliphatic carbocycles. The zero-order chi connectivity index (χ0) is 20.3. The number of hydrogen-bond donors (Lipinski definition) is 0. The number of aromatic nitrogens is 4. The standard InChI is InChI=1S/C17H24N6O4S/c1-11-13(12(2)27-20-11)5-15(24)22-7-17(8-22)9-23(28(4,25)26)6-14(17)16-19-18-10-21(16)3/h10,14H,5-9H2,1-4H3. The van der Waals surface area contributed by atoms with Crippen LogP contribution in [0.1, 0.15) is 28.8 Å². The Balaban J connectivity index is 1.54. The first-order valence-corrected chi connectivity index (χ1v) is 10.9. The highest BCUT2D eigenvalue weighted by atomic mass is 32.2. The van der Waals surface area contributed by atoms with Crippen molar-refractivity contribution in [2.45, 2.75) is 26.2 Å². The number of carbonyl (C=O) groups is 1. The smallest absolute Gasteiger partial charge is 0.227 e. The molecule has 4 heterocycles. The highest BCUT2D eigenvalue weighted by Crippen LogP contribution is 2.49. The van der Waals surface area contributed by atoms with E-state index < -0.39 is 10.0 Å². The molecule has 1 spiro atoms. The van der Waals surface area contributed by atoms with Crippen molar-refractivity contribution in [3.8, 4) is 0 Å². The first kappa shape index (κ1) is 19.1. The summed E-state index contributed by atoms with van der Waals surface area (Å²) in [6.45, 7) is 5.36. The van der Waals surface area contributed by atoms with Gasteiger partial charge in [0.15, 0.2) is 0 Å². The fourth-order valence-corrected chi connectivity index (χ4v) is 5.28. The summed E-state index contributed by atoms with van der Waals surface area (Å²) >= 11 is 0. The lowest BCUT2D eigenvalue weighted by molar-refractivity contribution is -0.142. The number of rotatable bonds is 4. The summed E-state index contributed by atoms with van der Waals surface area (Å²) in [6.07, 6.45) is 3.08. The summed E-state index contributed by atoms with van der Waals surface area (Å²) in [7, 11) is -1.47. The van der Waals surface area contributed by atoms with Gasteiger partial charge in [-0.2, -0.15) is 0 Å².